The molecule has 0 bridgehead atoms. The quantitative estimate of drug-likeness (QED) is 0.778. The summed E-state index contributed by atoms with van der Waals surface area (Å²) < 4.78 is 10.8. The molecule has 0 radical (unpaired) electrons. The molecule has 1 aromatic rings. The minimum absolute atomic E-state index is 0. The number of hydrogen-bond donors (Lipinski definition) is 2. The number of nitrogens with two attached hydrogens (primary N) is 1. The predicted molar refractivity (Wildman–Crippen MR) is 83.7 cm³/mol. The molecule has 1 aliphatic rings. The van der Waals surface area contributed by atoms with Gasteiger partial charge in [-0.3, -0.25) is 4.79 Å². The molecule has 6 heteroatoms. The summed E-state index contributed by atoms with van der Waals surface area (Å²) in [6, 6.07) is 9.08. The van der Waals surface area contributed by atoms with Crippen LogP contribution in [0.1, 0.15) is 12.8 Å². The van der Waals surface area contributed by atoms with E-state index in [1.165, 1.54) is 0 Å². The van der Waals surface area contributed by atoms with Crippen LogP contribution in [0.4, 0.5) is 0 Å². The summed E-state index contributed by atoms with van der Waals surface area (Å²) in [6.07, 6.45) is 1.71. The van der Waals surface area contributed by atoms with Gasteiger partial charge in [0.15, 0.2) is 0 Å². The van der Waals surface area contributed by atoms with E-state index in [1.54, 1.807) is 0 Å². The van der Waals surface area contributed by atoms with E-state index < -0.39 is 6.04 Å². The minimum atomic E-state index is -0.448. The molecule has 0 saturated carbocycles. The van der Waals surface area contributed by atoms with Gasteiger partial charge in [-0.15, -0.1) is 12.4 Å². The van der Waals surface area contributed by atoms with Gasteiger partial charge in [0.25, 0.3) is 0 Å². The number of halogens is 1. The molecule has 1 saturated heterocycles. The monoisotopic (exact) mass is 314 g/mol. The molecule has 118 valence electrons. The first-order valence-electron chi connectivity index (χ1n) is 7.06. The number of carbonyl (C=O) groups is 1. The summed E-state index contributed by atoms with van der Waals surface area (Å²) in [6.45, 7) is 2.30. The topological polar surface area (TPSA) is 73.6 Å². The molecule has 2 rings (SSSR count). The van der Waals surface area contributed by atoms with Gasteiger partial charge in [0.05, 0.1) is 12.6 Å². The van der Waals surface area contributed by atoms with Gasteiger partial charge < -0.3 is 20.5 Å². The van der Waals surface area contributed by atoms with E-state index in [-0.39, 0.29) is 24.2 Å². The van der Waals surface area contributed by atoms with E-state index in [9.17, 15) is 4.79 Å². The summed E-state index contributed by atoms with van der Waals surface area (Å²) in [5.41, 5.74) is 5.98. The fraction of sp³-hybridized carbons (Fsp3) is 0.533. The van der Waals surface area contributed by atoms with Gasteiger partial charge in [0.2, 0.25) is 5.91 Å². The third kappa shape index (κ3) is 5.91. The van der Waals surface area contributed by atoms with E-state index in [0.717, 1.165) is 18.6 Å². The van der Waals surface area contributed by atoms with Crippen LogP contribution in [-0.2, 0) is 9.53 Å². The van der Waals surface area contributed by atoms with Crippen LogP contribution in [0.2, 0.25) is 0 Å². The van der Waals surface area contributed by atoms with Gasteiger partial charge in [-0.05, 0) is 30.9 Å². The summed E-state index contributed by atoms with van der Waals surface area (Å²) in [7, 11) is 0. The van der Waals surface area contributed by atoms with Gasteiger partial charge in [0, 0.05) is 13.2 Å². The lowest BCUT2D eigenvalue weighted by Crippen LogP contribution is -2.47. The lowest BCUT2D eigenvalue weighted by molar-refractivity contribution is -0.124. The molecule has 1 atom stereocenters. The largest absolute Gasteiger partial charge is 0.492 e. The zero-order chi connectivity index (χ0) is 14.2. The van der Waals surface area contributed by atoms with Crippen LogP contribution in [0.25, 0.3) is 0 Å². The molecule has 1 amide bonds. The standard InChI is InChI=1S/C15H22N2O3.ClH/c16-14(12-6-9-19-10-7-12)15(18)17-8-11-20-13-4-2-1-3-5-13;/h1-5,12,14H,6-11,16H2,(H,17,18);1H. The highest BCUT2D eigenvalue weighted by atomic mass is 35.5. The van der Waals surface area contributed by atoms with Crippen molar-refractivity contribution in [2.45, 2.75) is 18.9 Å². The van der Waals surface area contributed by atoms with Gasteiger partial charge in [-0.2, -0.15) is 0 Å². The normalized spacial score (nSPS) is 16.6. The zero-order valence-corrected chi connectivity index (χ0v) is 12.8. The van der Waals surface area contributed by atoms with Crippen LogP contribution < -0.4 is 15.8 Å². The Morgan fingerprint density at radius 2 is 2.00 bits per heavy atom. The average Bonchev–Trinajstić information content (AvgIpc) is 2.52. The maximum absolute atomic E-state index is 11.9. The Labute approximate surface area is 131 Å². The van der Waals surface area contributed by atoms with Crippen molar-refractivity contribution in [1.82, 2.24) is 5.32 Å². The molecule has 1 aromatic carbocycles. The van der Waals surface area contributed by atoms with Crippen LogP contribution in [0, 0.1) is 5.92 Å². The number of nitrogens with one attached hydrogen (secondary N) is 1. The van der Waals surface area contributed by atoms with Crippen molar-refractivity contribution in [1.29, 1.82) is 0 Å². The number of para-hydroxylation sites is 1. The molecule has 1 heterocycles. The Balaban J connectivity index is 0.00000220. The molecule has 0 spiro atoms. The summed E-state index contributed by atoms with van der Waals surface area (Å²) in [5.74, 6) is 0.919. The molecule has 0 aromatic heterocycles. The minimum Gasteiger partial charge on any atom is -0.492 e. The summed E-state index contributed by atoms with van der Waals surface area (Å²) in [5, 5.41) is 2.82. The first-order chi connectivity index (χ1) is 9.77. The highest BCUT2D eigenvalue weighted by Gasteiger charge is 2.26. The molecule has 1 unspecified atom stereocenters. The number of carbonyl (C=O) groups excluding carboxylic acids is 1. The molecule has 1 fully saturated rings. The third-order valence-electron chi connectivity index (χ3n) is 3.49. The van der Waals surface area contributed by atoms with Crippen LogP contribution in [-0.4, -0.2) is 38.3 Å². The molecule has 21 heavy (non-hydrogen) atoms. The van der Waals surface area contributed by atoms with E-state index in [2.05, 4.69) is 5.32 Å². The lowest BCUT2D eigenvalue weighted by atomic mass is 9.92. The van der Waals surface area contributed by atoms with Crippen molar-refractivity contribution in [3.63, 3.8) is 0 Å². The van der Waals surface area contributed by atoms with Crippen molar-refractivity contribution >= 4 is 18.3 Å². The maximum Gasteiger partial charge on any atom is 0.237 e. The van der Waals surface area contributed by atoms with Gasteiger partial charge in [-0.1, -0.05) is 18.2 Å². The van der Waals surface area contributed by atoms with Crippen LogP contribution in [0.5, 0.6) is 5.75 Å². The number of ether oxygens (including phenoxy) is 2. The zero-order valence-electron chi connectivity index (χ0n) is 12.0. The molecule has 3 N–H and O–H groups in total. The molecular weight excluding hydrogens is 292 g/mol. The number of amides is 1. The Kier molecular flexibility index (Phi) is 8.12. The summed E-state index contributed by atoms with van der Waals surface area (Å²) in [4.78, 5) is 11.9. The van der Waals surface area contributed by atoms with E-state index in [1.807, 2.05) is 30.3 Å². The fourth-order valence-corrected chi connectivity index (χ4v) is 2.27. The highest BCUT2D eigenvalue weighted by molar-refractivity contribution is 5.85. The van der Waals surface area contributed by atoms with Crippen molar-refractivity contribution in [3.8, 4) is 5.75 Å². The number of rotatable bonds is 6. The second kappa shape index (κ2) is 9.60. The lowest BCUT2D eigenvalue weighted by Gasteiger charge is -2.26. The second-order valence-corrected chi connectivity index (χ2v) is 4.93. The molecule has 5 nitrogen and oxygen atoms in total. The maximum atomic E-state index is 11.9. The van der Waals surface area contributed by atoms with Crippen molar-refractivity contribution in [2.75, 3.05) is 26.4 Å². The van der Waals surface area contributed by atoms with E-state index in [4.69, 9.17) is 15.2 Å². The summed E-state index contributed by atoms with van der Waals surface area (Å²) >= 11 is 0. The van der Waals surface area contributed by atoms with Crippen LogP contribution in [0.15, 0.2) is 30.3 Å². The fourth-order valence-electron chi connectivity index (χ4n) is 2.27. The molecule has 0 aliphatic carbocycles. The van der Waals surface area contributed by atoms with Gasteiger partial charge >= 0.3 is 0 Å². The Bertz CT molecular complexity index is 411. The Morgan fingerprint density at radius 1 is 1.33 bits per heavy atom. The van der Waals surface area contributed by atoms with E-state index in [0.29, 0.717) is 26.4 Å². The molecule has 1 aliphatic heterocycles. The average molecular weight is 315 g/mol. The Hall–Kier alpha value is -1.30. The van der Waals surface area contributed by atoms with Crippen molar-refractivity contribution < 1.29 is 14.3 Å². The number of hydrogen-bond acceptors (Lipinski definition) is 4. The smallest absolute Gasteiger partial charge is 0.237 e. The van der Waals surface area contributed by atoms with E-state index >= 15 is 0 Å². The first kappa shape index (κ1) is 17.8. The first-order valence-corrected chi connectivity index (χ1v) is 7.06. The van der Waals surface area contributed by atoms with Crippen LogP contribution in [0.3, 0.4) is 0 Å². The number of benzene rings is 1. The molecular formula is C15H23ClN2O3. The van der Waals surface area contributed by atoms with Gasteiger partial charge in [0.1, 0.15) is 12.4 Å². The van der Waals surface area contributed by atoms with Crippen molar-refractivity contribution in [3.05, 3.63) is 30.3 Å². The highest BCUT2D eigenvalue weighted by Crippen LogP contribution is 2.17. The third-order valence-corrected chi connectivity index (χ3v) is 3.49. The van der Waals surface area contributed by atoms with Gasteiger partial charge in [-0.25, -0.2) is 0 Å². The Morgan fingerprint density at radius 3 is 2.67 bits per heavy atom. The van der Waals surface area contributed by atoms with Crippen molar-refractivity contribution in [2.24, 2.45) is 11.7 Å². The SMILES string of the molecule is Cl.NC(C(=O)NCCOc1ccccc1)C1CCOCC1. The predicted octanol–water partition coefficient (Wildman–Crippen LogP) is 1.36. The second-order valence-electron chi connectivity index (χ2n) is 4.93. The van der Waals surface area contributed by atoms with Crippen LogP contribution >= 0.6 is 12.4 Å².